The average Bonchev–Trinajstić information content (AvgIpc) is 2.54. The molecule has 0 spiro atoms. The predicted octanol–water partition coefficient (Wildman–Crippen LogP) is 2.63. The quantitative estimate of drug-likeness (QED) is 0.840. The molecule has 2 rings (SSSR count). The Hall–Kier alpha value is -1.20. The van der Waals surface area contributed by atoms with Crippen molar-refractivity contribution in [3.05, 3.63) is 29.8 Å². The summed E-state index contributed by atoms with van der Waals surface area (Å²) >= 11 is 0. The third-order valence-electron chi connectivity index (χ3n) is 4.23. The van der Waals surface area contributed by atoms with E-state index in [0.717, 1.165) is 12.0 Å². The topological polar surface area (TPSA) is 54.5 Å². The average molecular weight is 309 g/mol. The summed E-state index contributed by atoms with van der Waals surface area (Å²) in [6.07, 6.45) is 2.71. The van der Waals surface area contributed by atoms with Gasteiger partial charge in [0.1, 0.15) is 5.78 Å². The molecule has 5 heteroatoms. The van der Waals surface area contributed by atoms with Crippen molar-refractivity contribution in [2.45, 2.75) is 44.4 Å². The summed E-state index contributed by atoms with van der Waals surface area (Å²) in [4.78, 5) is 12.0. The summed E-state index contributed by atoms with van der Waals surface area (Å²) < 4.78 is 26.7. The molecule has 21 heavy (non-hydrogen) atoms. The summed E-state index contributed by atoms with van der Waals surface area (Å²) in [5, 5.41) is 0. The van der Waals surface area contributed by atoms with E-state index < -0.39 is 10.0 Å². The first kappa shape index (κ1) is 16.2. The summed E-state index contributed by atoms with van der Waals surface area (Å²) in [6, 6.07) is 7.08. The minimum Gasteiger partial charge on any atom is -0.299 e. The Balaban J connectivity index is 2.09. The number of sulfonamides is 1. The molecule has 0 unspecified atom stereocenters. The van der Waals surface area contributed by atoms with E-state index in [1.54, 1.807) is 12.1 Å². The molecule has 0 amide bonds. The van der Waals surface area contributed by atoms with Crippen molar-refractivity contribution in [2.24, 2.45) is 5.92 Å². The van der Waals surface area contributed by atoms with Crippen molar-refractivity contribution in [2.75, 3.05) is 13.1 Å². The Kier molecular flexibility index (Phi) is 5.17. The second-order valence-electron chi connectivity index (χ2n) is 5.50. The van der Waals surface area contributed by atoms with E-state index in [4.69, 9.17) is 0 Å². The van der Waals surface area contributed by atoms with Gasteiger partial charge < -0.3 is 0 Å². The van der Waals surface area contributed by atoms with Crippen LogP contribution in [0.4, 0.5) is 0 Å². The molecule has 0 saturated carbocycles. The molecule has 116 valence electrons. The first-order valence-corrected chi connectivity index (χ1v) is 9.04. The highest BCUT2D eigenvalue weighted by atomic mass is 32.2. The molecule has 0 atom stereocenters. The van der Waals surface area contributed by atoms with Crippen LogP contribution in [0.5, 0.6) is 0 Å². The van der Waals surface area contributed by atoms with Crippen LogP contribution < -0.4 is 0 Å². The number of benzene rings is 1. The first-order valence-electron chi connectivity index (χ1n) is 7.60. The summed E-state index contributed by atoms with van der Waals surface area (Å²) in [6.45, 7) is 4.78. The highest BCUT2D eigenvalue weighted by Gasteiger charge is 2.31. The van der Waals surface area contributed by atoms with E-state index >= 15 is 0 Å². The number of hydrogen-bond donors (Lipinski definition) is 0. The minimum absolute atomic E-state index is 0.0314. The minimum atomic E-state index is -3.42. The molecular weight excluding hydrogens is 286 g/mol. The Bertz CT molecular complexity index is 584. The zero-order chi connectivity index (χ0) is 15.5. The van der Waals surface area contributed by atoms with Gasteiger partial charge in [-0.2, -0.15) is 4.31 Å². The van der Waals surface area contributed by atoms with Crippen LogP contribution in [0.2, 0.25) is 0 Å². The van der Waals surface area contributed by atoms with Crippen LogP contribution >= 0.6 is 0 Å². The second kappa shape index (κ2) is 6.71. The van der Waals surface area contributed by atoms with Gasteiger partial charge in [-0.1, -0.05) is 26.0 Å². The molecule has 0 aliphatic carbocycles. The van der Waals surface area contributed by atoms with Gasteiger partial charge in [-0.3, -0.25) is 4.79 Å². The van der Waals surface area contributed by atoms with E-state index in [2.05, 4.69) is 0 Å². The number of ketones is 1. The highest BCUT2D eigenvalue weighted by Crippen LogP contribution is 2.25. The molecule has 0 N–H and O–H groups in total. The smallest absolute Gasteiger partial charge is 0.243 e. The van der Waals surface area contributed by atoms with Crippen LogP contribution in [0.1, 0.15) is 38.7 Å². The van der Waals surface area contributed by atoms with Gasteiger partial charge in [0.2, 0.25) is 10.0 Å². The van der Waals surface area contributed by atoms with Gasteiger partial charge in [0.05, 0.1) is 4.90 Å². The van der Waals surface area contributed by atoms with Gasteiger partial charge >= 0.3 is 0 Å². The maximum Gasteiger partial charge on any atom is 0.243 e. The lowest BCUT2D eigenvalue weighted by Crippen LogP contribution is -2.40. The predicted molar refractivity (Wildman–Crippen MR) is 82.6 cm³/mol. The molecule has 0 radical (unpaired) electrons. The maximum atomic E-state index is 12.6. The number of piperidine rings is 1. The van der Waals surface area contributed by atoms with Crippen molar-refractivity contribution in [1.29, 1.82) is 0 Å². The Morgan fingerprint density at radius 1 is 1.14 bits per heavy atom. The standard InChI is InChI=1S/C16H23NO3S/c1-3-13-5-7-15(8-6-13)21(19,20)17-11-9-14(10-12-17)16(18)4-2/h5-8,14H,3-4,9-12H2,1-2H3. The second-order valence-corrected chi connectivity index (χ2v) is 7.43. The van der Waals surface area contributed by atoms with Crippen LogP contribution in [0.3, 0.4) is 0 Å². The SMILES string of the molecule is CCC(=O)C1CCN(S(=O)(=O)c2ccc(CC)cc2)CC1. The first-order chi connectivity index (χ1) is 9.98. The largest absolute Gasteiger partial charge is 0.299 e. The molecule has 0 bridgehead atoms. The van der Waals surface area contributed by atoms with E-state index in [1.165, 1.54) is 4.31 Å². The zero-order valence-corrected chi connectivity index (χ0v) is 13.5. The number of Topliss-reactive ketones (excluding diaryl/α,β-unsaturated/α-hetero) is 1. The van der Waals surface area contributed by atoms with Gasteiger partial charge in [-0.25, -0.2) is 8.42 Å². The molecule has 1 aliphatic rings. The lowest BCUT2D eigenvalue weighted by Gasteiger charge is -2.30. The third-order valence-corrected chi connectivity index (χ3v) is 6.14. The van der Waals surface area contributed by atoms with Crippen molar-refractivity contribution in [1.82, 2.24) is 4.31 Å². The number of hydrogen-bond acceptors (Lipinski definition) is 3. The maximum absolute atomic E-state index is 12.6. The number of aryl methyl sites for hydroxylation is 1. The molecule has 1 aromatic carbocycles. The molecule has 1 heterocycles. The highest BCUT2D eigenvalue weighted by molar-refractivity contribution is 7.89. The van der Waals surface area contributed by atoms with Crippen molar-refractivity contribution in [3.63, 3.8) is 0 Å². The van der Waals surface area contributed by atoms with E-state index in [9.17, 15) is 13.2 Å². The normalized spacial score (nSPS) is 17.8. The van der Waals surface area contributed by atoms with Crippen molar-refractivity contribution >= 4 is 15.8 Å². The number of rotatable bonds is 5. The third kappa shape index (κ3) is 3.52. The van der Waals surface area contributed by atoms with Crippen LogP contribution in [0.25, 0.3) is 0 Å². The van der Waals surface area contributed by atoms with Crippen LogP contribution in [0.15, 0.2) is 29.2 Å². The van der Waals surface area contributed by atoms with Gasteiger partial charge in [0.25, 0.3) is 0 Å². The fraction of sp³-hybridized carbons (Fsp3) is 0.562. The number of carbonyl (C=O) groups is 1. The zero-order valence-electron chi connectivity index (χ0n) is 12.7. The van der Waals surface area contributed by atoms with Crippen LogP contribution in [-0.2, 0) is 21.2 Å². The summed E-state index contributed by atoms with van der Waals surface area (Å²) in [5.74, 6) is 0.281. The van der Waals surface area contributed by atoms with Gasteiger partial charge in [-0.05, 0) is 37.0 Å². The molecule has 4 nitrogen and oxygen atoms in total. The van der Waals surface area contributed by atoms with E-state index in [-0.39, 0.29) is 11.7 Å². The van der Waals surface area contributed by atoms with Crippen LogP contribution in [-0.4, -0.2) is 31.6 Å². The van der Waals surface area contributed by atoms with Crippen LogP contribution in [0, 0.1) is 5.92 Å². The molecular formula is C16H23NO3S. The van der Waals surface area contributed by atoms with E-state index in [1.807, 2.05) is 26.0 Å². The monoisotopic (exact) mass is 309 g/mol. The van der Waals surface area contributed by atoms with Gasteiger partial charge in [0.15, 0.2) is 0 Å². The van der Waals surface area contributed by atoms with E-state index in [0.29, 0.717) is 37.2 Å². The Labute approximate surface area is 127 Å². The number of nitrogens with zero attached hydrogens (tertiary/aromatic N) is 1. The summed E-state index contributed by atoms with van der Waals surface area (Å²) in [7, 11) is -3.42. The lowest BCUT2D eigenvalue weighted by molar-refractivity contribution is -0.123. The van der Waals surface area contributed by atoms with Gasteiger partial charge in [-0.15, -0.1) is 0 Å². The number of carbonyl (C=O) groups excluding carboxylic acids is 1. The van der Waals surface area contributed by atoms with Crippen molar-refractivity contribution < 1.29 is 13.2 Å². The fourth-order valence-electron chi connectivity index (χ4n) is 2.75. The molecule has 1 fully saturated rings. The molecule has 1 aliphatic heterocycles. The summed E-state index contributed by atoms with van der Waals surface area (Å²) in [5.41, 5.74) is 1.13. The van der Waals surface area contributed by atoms with Gasteiger partial charge in [0, 0.05) is 25.4 Å². The molecule has 0 aromatic heterocycles. The molecule has 1 saturated heterocycles. The molecule has 1 aromatic rings. The van der Waals surface area contributed by atoms with Crippen molar-refractivity contribution in [3.8, 4) is 0 Å². The fourth-order valence-corrected chi connectivity index (χ4v) is 4.22. The Morgan fingerprint density at radius 3 is 2.19 bits per heavy atom. The lowest BCUT2D eigenvalue weighted by atomic mass is 9.92. The Morgan fingerprint density at radius 2 is 1.71 bits per heavy atom.